The Kier molecular flexibility index (Phi) is 2.77. The molecule has 0 bridgehead atoms. The molecule has 0 saturated heterocycles. The third kappa shape index (κ3) is 2.62. The highest BCUT2D eigenvalue weighted by molar-refractivity contribution is 5.99. The van der Waals surface area contributed by atoms with Crippen molar-refractivity contribution in [1.29, 1.82) is 0 Å². The second-order valence-corrected chi connectivity index (χ2v) is 4.83. The van der Waals surface area contributed by atoms with Crippen LogP contribution < -0.4 is 20.7 Å². The molecule has 1 aliphatic heterocycles. The first kappa shape index (κ1) is 11.8. The molecular weight excluding hydrogens is 246 g/mol. The summed E-state index contributed by atoms with van der Waals surface area (Å²) in [6.07, 6.45) is 1.59. The molecule has 3 N–H and O–H groups in total. The summed E-state index contributed by atoms with van der Waals surface area (Å²) < 4.78 is 5.44. The SMILES string of the molecule is CC1Oc2ccc(NC(=O)NC3CC3)cc2NC1=O. The number of hydrogen-bond acceptors (Lipinski definition) is 3. The van der Waals surface area contributed by atoms with E-state index in [1.54, 1.807) is 25.1 Å². The fourth-order valence-corrected chi connectivity index (χ4v) is 1.87. The first-order valence-electron chi connectivity index (χ1n) is 6.31. The number of benzene rings is 1. The van der Waals surface area contributed by atoms with E-state index in [4.69, 9.17) is 4.74 Å². The Balaban J connectivity index is 1.71. The van der Waals surface area contributed by atoms with E-state index < -0.39 is 6.10 Å². The van der Waals surface area contributed by atoms with Crippen LogP contribution in [0.1, 0.15) is 19.8 Å². The van der Waals surface area contributed by atoms with E-state index in [0.29, 0.717) is 23.2 Å². The Hall–Kier alpha value is -2.24. The number of carbonyl (C=O) groups is 2. The van der Waals surface area contributed by atoms with E-state index in [1.807, 2.05) is 0 Å². The van der Waals surface area contributed by atoms with Crippen molar-refractivity contribution in [3.05, 3.63) is 18.2 Å². The predicted octanol–water partition coefficient (Wildman–Crippen LogP) is 1.69. The number of ether oxygens (including phenoxy) is 1. The Labute approximate surface area is 110 Å². The first-order valence-corrected chi connectivity index (χ1v) is 6.31. The van der Waals surface area contributed by atoms with Crippen molar-refractivity contribution in [2.24, 2.45) is 0 Å². The van der Waals surface area contributed by atoms with Crippen molar-refractivity contribution in [2.45, 2.75) is 31.9 Å². The summed E-state index contributed by atoms with van der Waals surface area (Å²) in [7, 11) is 0. The monoisotopic (exact) mass is 261 g/mol. The first-order chi connectivity index (χ1) is 9.11. The number of urea groups is 1. The van der Waals surface area contributed by atoms with E-state index in [-0.39, 0.29) is 11.9 Å². The molecule has 1 unspecified atom stereocenters. The molecular formula is C13H15N3O3. The molecule has 19 heavy (non-hydrogen) atoms. The van der Waals surface area contributed by atoms with Crippen molar-refractivity contribution in [2.75, 3.05) is 10.6 Å². The van der Waals surface area contributed by atoms with E-state index in [1.165, 1.54) is 0 Å². The van der Waals surface area contributed by atoms with Gasteiger partial charge in [0.25, 0.3) is 5.91 Å². The van der Waals surface area contributed by atoms with Crippen molar-refractivity contribution in [1.82, 2.24) is 5.32 Å². The molecule has 6 heteroatoms. The lowest BCUT2D eigenvalue weighted by Crippen LogP contribution is -2.34. The molecule has 0 aromatic heterocycles. The Morgan fingerprint density at radius 2 is 2.21 bits per heavy atom. The Morgan fingerprint density at radius 3 is 2.95 bits per heavy atom. The van der Waals surface area contributed by atoms with E-state index in [0.717, 1.165) is 12.8 Å². The number of amides is 3. The molecule has 0 radical (unpaired) electrons. The molecule has 1 heterocycles. The van der Waals surface area contributed by atoms with Crippen LogP contribution in [-0.2, 0) is 4.79 Å². The lowest BCUT2D eigenvalue weighted by molar-refractivity contribution is -0.122. The van der Waals surface area contributed by atoms with E-state index in [9.17, 15) is 9.59 Å². The van der Waals surface area contributed by atoms with Gasteiger partial charge in [-0.15, -0.1) is 0 Å². The van der Waals surface area contributed by atoms with Gasteiger partial charge in [0.1, 0.15) is 5.75 Å². The van der Waals surface area contributed by atoms with Gasteiger partial charge in [0.2, 0.25) is 0 Å². The van der Waals surface area contributed by atoms with Gasteiger partial charge in [-0.3, -0.25) is 4.79 Å². The summed E-state index contributed by atoms with van der Waals surface area (Å²) in [5.74, 6) is 0.423. The van der Waals surface area contributed by atoms with Crippen molar-refractivity contribution in [3.8, 4) is 5.75 Å². The Morgan fingerprint density at radius 1 is 1.42 bits per heavy atom. The summed E-state index contributed by atoms with van der Waals surface area (Å²) in [5.41, 5.74) is 1.20. The molecule has 3 amide bonds. The number of anilines is 2. The molecule has 1 aliphatic carbocycles. The zero-order valence-corrected chi connectivity index (χ0v) is 10.5. The van der Waals surface area contributed by atoms with Gasteiger partial charge in [-0.1, -0.05) is 0 Å². The van der Waals surface area contributed by atoms with Gasteiger partial charge >= 0.3 is 6.03 Å². The van der Waals surface area contributed by atoms with Crippen LogP contribution in [0.4, 0.5) is 16.2 Å². The van der Waals surface area contributed by atoms with Crippen LogP contribution in [0.5, 0.6) is 5.75 Å². The van der Waals surface area contributed by atoms with Crippen LogP contribution in [0.15, 0.2) is 18.2 Å². The molecule has 1 atom stereocenters. The van der Waals surface area contributed by atoms with Gasteiger partial charge in [-0.2, -0.15) is 0 Å². The minimum atomic E-state index is -0.496. The van der Waals surface area contributed by atoms with Crippen LogP contribution in [0.3, 0.4) is 0 Å². The molecule has 6 nitrogen and oxygen atoms in total. The quantitative estimate of drug-likeness (QED) is 0.758. The van der Waals surface area contributed by atoms with Gasteiger partial charge < -0.3 is 20.7 Å². The largest absolute Gasteiger partial charge is 0.479 e. The number of hydrogen-bond donors (Lipinski definition) is 3. The molecule has 1 aromatic rings. The summed E-state index contributed by atoms with van der Waals surface area (Å²) >= 11 is 0. The van der Waals surface area contributed by atoms with Gasteiger partial charge in [0.05, 0.1) is 5.69 Å². The van der Waals surface area contributed by atoms with Gasteiger partial charge in [-0.05, 0) is 38.0 Å². The third-order valence-electron chi connectivity index (χ3n) is 3.08. The van der Waals surface area contributed by atoms with Gasteiger partial charge in [0.15, 0.2) is 6.10 Å². The molecule has 3 rings (SSSR count). The van der Waals surface area contributed by atoms with Crippen LogP contribution >= 0.6 is 0 Å². The van der Waals surface area contributed by atoms with Gasteiger partial charge in [-0.25, -0.2) is 4.79 Å². The molecule has 0 spiro atoms. The summed E-state index contributed by atoms with van der Waals surface area (Å²) in [5, 5.41) is 8.30. The predicted molar refractivity (Wildman–Crippen MR) is 70.3 cm³/mol. The molecule has 2 aliphatic rings. The number of nitrogens with one attached hydrogen (secondary N) is 3. The highest BCUT2D eigenvalue weighted by Crippen LogP contribution is 2.32. The molecule has 1 aromatic carbocycles. The lowest BCUT2D eigenvalue weighted by atomic mass is 10.2. The average molecular weight is 261 g/mol. The average Bonchev–Trinajstić information content (AvgIpc) is 3.15. The summed E-state index contributed by atoms with van der Waals surface area (Å²) in [4.78, 5) is 23.1. The smallest absolute Gasteiger partial charge is 0.319 e. The van der Waals surface area contributed by atoms with Crippen molar-refractivity contribution >= 4 is 23.3 Å². The summed E-state index contributed by atoms with van der Waals surface area (Å²) in [6.45, 7) is 1.69. The minimum absolute atomic E-state index is 0.188. The Bertz CT molecular complexity index is 540. The minimum Gasteiger partial charge on any atom is -0.479 e. The maximum Gasteiger partial charge on any atom is 0.319 e. The van der Waals surface area contributed by atoms with Crippen LogP contribution in [-0.4, -0.2) is 24.1 Å². The van der Waals surface area contributed by atoms with Crippen molar-refractivity contribution in [3.63, 3.8) is 0 Å². The zero-order valence-electron chi connectivity index (χ0n) is 10.5. The summed E-state index contributed by atoms with van der Waals surface area (Å²) in [6, 6.07) is 5.25. The maximum absolute atomic E-state index is 11.6. The number of carbonyl (C=O) groups excluding carboxylic acids is 2. The standard InChI is InChI=1S/C13H15N3O3/c1-7-12(17)16-10-6-9(4-5-11(10)19-7)15-13(18)14-8-2-3-8/h4-8H,2-3H2,1H3,(H,16,17)(H2,14,15,18). The van der Waals surface area contributed by atoms with Crippen LogP contribution in [0, 0.1) is 0 Å². The molecule has 100 valence electrons. The molecule has 1 saturated carbocycles. The lowest BCUT2D eigenvalue weighted by Gasteiger charge is -2.23. The van der Waals surface area contributed by atoms with E-state index in [2.05, 4.69) is 16.0 Å². The fourth-order valence-electron chi connectivity index (χ4n) is 1.87. The van der Waals surface area contributed by atoms with Crippen LogP contribution in [0.2, 0.25) is 0 Å². The normalized spacial score (nSPS) is 20.9. The zero-order chi connectivity index (χ0) is 13.4. The van der Waals surface area contributed by atoms with Gasteiger partial charge in [0, 0.05) is 11.7 Å². The number of fused-ring (bicyclic) bond motifs is 1. The van der Waals surface area contributed by atoms with E-state index >= 15 is 0 Å². The number of rotatable bonds is 2. The second-order valence-electron chi connectivity index (χ2n) is 4.83. The highest BCUT2D eigenvalue weighted by Gasteiger charge is 2.25. The molecule has 1 fully saturated rings. The maximum atomic E-state index is 11.6. The second kappa shape index (κ2) is 4.46. The van der Waals surface area contributed by atoms with Crippen molar-refractivity contribution < 1.29 is 14.3 Å². The topological polar surface area (TPSA) is 79.5 Å². The fraction of sp³-hybridized carbons (Fsp3) is 0.385. The van der Waals surface area contributed by atoms with Crippen LogP contribution in [0.25, 0.3) is 0 Å². The third-order valence-corrected chi connectivity index (χ3v) is 3.08. The highest BCUT2D eigenvalue weighted by atomic mass is 16.5.